The van der Waals surface area contributed by atoms with Crippen LogP contribution in [-0.4, -0.2) is 10.9 Å². The molecule has 3 N–H and O–H groups in total. The smallest absolute Gasteiger partial charge is 0.257 e. The average molecular weight is 324 g/mol. The topological polar surface area (TPSA) is 68.0 Å². The number of amides is 1. The fourth-order valence-electron chi connectivity index (χ4n) is 2.20. The van der Waals surface area contributed by atoms with Gasteiger partial charge in [-0.3, -0.25) is 9.78 Å². The van der Waals surface area contributed by atoms with Gasteiger partial charge in [0.25, 0.3) is 5.91 Å². The average Bonchev–Trinajstić information content (AvgIpc) is 2.55. The first kappa shape index (κ1) is 15.1. The molecule has 0 radical (unpaired) electrons. The Balaban J connectivity index is 1.78. The Morgan fingerprint density at radius 3 is 2.48 bits per heavy atom. The van der Waals surface area contributed by atoms with Crippen molar-refractivity contribution >= 4 is 28.9 Å². The summed E-state index contributed by atoms with van der Waals surface area (Å²) in [5.74, 6) is -0.265. The van der Waals surface area contributed by atoms with Crippen molar-refractivity contribution in [1.82, 2.24) is 4.98 Å². The number of nitrogens with one attached hydrogen (secondary N) is 1. The van der Waals surface area contributed by atoms with Crippen LogP contribution in [0.15, 0.2) is 66.9 Å². The van der Waals surface area contributed by atoms with E-state index in [1.165, 1.54) is 0 Å². The van der Waals surface area contributed by atoms with Gasteiger partial charge in [0, 0.05) is 28.2 Å². The number of benzene rings is 2. The number of hydrogen-bond donors (Lipinski definition) is 2. The van der Waals surface area contributed by atoms with E-state index in [0.717, 1.165) is 11.3 Å². The summed E-state index contributed by atoms with van der Waals surface area (Å²) in [6, 6.07) is 18.2. The molecule has 3 aromatic rings. The minimum Gasteiger partial charge on any atom is -0.399 e. The fourth-order valence-corrected chi connectivity index (χ4v) is 2.44. The van der Waals surface area contributed by atoms with E-state index in [0.29, 0.717) is 22.0 Å². The van der Waals surface area contributed by atoms with Crippen molar-refractivity contribution in [3.8, 4) is 11.3 Å². The molecule has 4 nitrogen and oxygen atoms in total. The van der Waals surface area contributed by atoms with Crippen LogP contribution < -0.4 is 11.1 Å². The van der Waals surface area contributed by atoms with Gasteiger partial charge in [0.2, 0.25) is 0 Å². The number of hydrogen-bond acceptors (Lipinski definition) is 3. The molecule has 0 spiro atoms. The van der Waals surface area contributed by atoms with Crippen molar-refractivity contribution in [3.05, 3.63) is 77.4 Å². The van der Waals surface area contributed by atoms with Gasteiger partial charge < -0.3 is 11.1 Å². The number of aromatic nitrogens is 1. The molecular formula is C18H14ClN3O. The second-order valence-electron chi connectivity index (χ2n) is 5.03. The molecule has 114 valence electrons. The fraction of sp³-hybridized carbons (Fsp3) is 0. The molecule has 0 aliphatic rings. The number of nitrogens with two attached hydrogens (primary N) is 1. The SMILES string of the molecule is Nc1cc(Cl)cc(NC(=O)c2ccc(-c3ccccc3)nc2)c1. The number of nitrogen functional groups attached to an aromatic ring is 1. The maximum atomic E-state index is 12.2. The Bertz CT molecular complexity index is 812. The summed E-state index contributed by atoms with van der Waals surface area (Å²) in [7, 11) is 0. The molecule has 2 aromatic carbocycles. The molecule has 0 saturated heterocycles. The predicted molar refractivity (Wildman–Crippen MR) is 93.5 cm³/mol. The van der Waals surface area contributed by atoms with Gasteiger partial charge in [0.1, 0.15) is 0 Å². The zero-order valence-electron chi connectivity index (χ0n) is 12.2. The number of pyridine rings is 1. The summed E-state index contributed by atoms with van der Waals surface area (Å²) in [6.45, 7) is 0. The summed E-state index contributed by atoms with van der Waals surface area (Å²) < 4.78 is 0. The third-order valence-electron chi connectivity index (χ3n) is 3.27. The van der Waals surface area contributed by atoms with Crippen molar-refractivity contribution in [3.63, 3.8) is 0 Å². The van der Waals surface area contributed by atoms with Crippen molar-refractivity contribution in [2.45, 2.75) is 0 Å². The third-order valence-corrected chi connectivity index (χ3v) is 3.49. The van der Waals surface area contributed by atoms with Crippen molar-refractivity contribution in [1.29, 1.82) is 0 Å². The van der Waals surface area contributed by atoms with Crippen molar-refractivity contribution in [2.24, 2.45) is 0 Å². The van der Waals surface area contributed by atoms with Crippen molar-refractivity contribution < 1.29 is 4.79 Å². The normalized spacial score (nSPS) is 10.3. The highest BCUT2D eigenvalue weighted by atomic mass is 35.5. The molecule has 0 fully saturated rings. The van der Waals surface area contributed by atoms with E-state index in [1.54, 1.807) is 30.5 Å². The Hall–Kier alpha value is -2.85. The maximum Gasteiger partial charge on any atom is 0.257 e. The second-order valence-corrected chi connectivity index (χ2v) is 5.46. The Morgan fingerprint density at radius 1 is 1.04 bits per heavy atom. The Labute approximate surface area is 138 Å². The van der Waals surface area contributed by atoms with Crippen LogP contribution in [0.5, 0.6) is 0 Å². The number of nitrogens with zero attached hydrogens (tertiary/aromatic N) is 1. The molecule has 0 atom stereocenters. The van der Waals surface area contributed by atoms with E-state index in [4.69, 9.17) is 17.3 Å². The Morgan fingerprint density at radius 2 is 1.83 bits per heavy atom. The number of rotatable bonds is 3. The minimum absolute atomic E-state index is 0.265. The molecule has 1 aromatic heterocycles. The van der Waals surface area contributed by atoms with Crippen LogP contribution in [0.3, 0.4) is 0 Å². The van der Waals surface area contributed by atoms with Crippen LogP contribution in [0.25, 0.3) is 11.3 Å². The molecule has 1 amide bonds. The van der Waals surface area contributed by atoms with E-state index >= 15 is 0 Å². The maximum absolute atomic E-state index is 12.2. The van der Waals surface area contributed by atoms with Crippen molar-refractivity contribution in [2.75, 3.05) is 11.1 Å². The molecule has 0 aliphatic carbocycles. The first-order valence-electron chi connectivity index (χ1n) is 7.01. The van der Waals surface area contributed by atoms with Gasteiger partial charge in [-0.05, 0) is 30.3 Å². The largest absolute Gasteiger partial charge is 0.399 e. The number of carbonyl (C=O) groups is 1. The summed E-state index contributed by atoms with van der Waals surface area (Å²) in [4.78, 5) is 16.6. The molecule has 1 heterocycles. The van der Waals surface area contributed by atoms with Gasteiger partial charge in [0.05, 0.1) is 11.3 Å². The lowest BCUT2D eigenvalue weighted by molar-refractivity contribution is 0.102. The monoisotopic (exact) mass is 323 g/mol. The van der Waals surface area contributed by atoms with Gasteiger partial charge >= 0.3 is 0 Å². The van der Waals surface area contributed by atoms with E-state index in [-0.39, 0.29) is 5.91 Å². The van der Waals surface area contributed by atoms with Crippen LogP contribution in [0, 0.1) is 0 Å². The summed E-state index contributed by atoms with van der Waals surface area (Å²) in [5.41, 5.74) is 9.03. The molecule has 0 bridgehead atoms. The lowest BCUT2D eigenvalue weighted by Gasteiger charge is -2.07. The highest BCUT2D eigenvalue weighted by Crippen LogP contribution is 2.21. The lowest BCUT2D eigenvalue weighted by atomic mass is 10.1. The van der Waals surface area contributed by atoms with Crippen LogP contribution in [0.2, 0.25) is 5.02 Å². The number of halogens is 1. The Kier molecular flexibility index (Phi) is 4.26. The van der Waals surface area contributed by atoms with Crippen LogP contribution in [0.1, 0.15) is 10.4 Å². The van der Waals surface area contributed by atoms with Gasteiger partial charge in [-0.1, -0.05) is 41.9 Å². The van der Waals surface area contributed by atoms with E-state index < -0.39 is 0 Å². The second kappa shape index (κ2) is 6.50. The van der Waals surface area contributed by atoms with E-state index in [9.17, 15) is 4.79 Å². The molecular weight excluding hydrogens is 310 g/mol. The predicted octanol–water partition coefficient (Wildman–Crippen LogP) is 4.24. The molecule has 0 aliphatic heterocycles. The third kappa shape index (κ3) is 3.67. The first-order valence-corrected chi connectivity index (χ1v) is 7.38. The molecule has 0 unspecified atom stereocenters. The van der Waals surface area contributed by atoms with Gasteiger partial charge in [-0.25, -0.2) is 0 Å². The van der Waals surface area contributed by atoms with E-state index in [2.05, 4.69) is 10.3 Å². The summed E-state index contributed by atoms with van der Waals surface area (Å²) >= 11 is 5.92. The first-order chi connectivity index (χ1) is 11.1. The summed E-state index contributed by atoms with van der Waals surface area (Å²) in [5, 5.41) is 3.23. The zero-order chi connectivity index (χ0) is 16.2. The molecule has 23 heavy (non-hydrogen) atoms. The lowest BCUT2D eigenvalue weighted by Crippen LogP contribution is -2.12. The highest BCUT2D eigenvalue weighted by Gasteiger charge is 2.08. The standard InChI is InChI=1S/C18H14ClN3O/c19-14-8-15(20)10-16(9-14)22-18(23)13-6-7-17(21-11-13)12-4-2-1-3-5-12/h1-11H,20H2,(H,22,23). The molecule has 3 rings (SSSR count). The van der Waals surface area contributed by atoms with E-state index in [1.807, 2.05) is 36.4 Å². The quantitative estimate of drug-likeness (QED) is 0.708. The number of carbonyl (C=O) groups excluding carboxylic acids is 1. The number of anilines is 2. The zero-order valence-corrected chi connectivity index (χ0v) is 12.9. The van der Waals surface area contributed by atoms with Gasteiger partial charge in [0.15, 0.2) is 0 Å². The van der Waals surface area contributed by atoms with Crippen LogP contribution in [-0.2, 0) is 0 Å². The van der Waals surface area contributed by atoms with Crippen LogP contribution >= 0.6 is 11.6 Å². The van der Waals surface area contributed by atoms with Gasteiger partial charge in [-0.15, -0.1) is 0 Å². The highest BCUT2D eigenvalue weighted by molar-refractivity contribution is 6.31. The molecule has 0 saturated carbocycles. The minimum atomic E-state index is -0.265. The van der Waals surface area contributed by atoms with Crippen LogP contribution in [0.4, 0.5) is 11.4 Å². The van der Waals surface area contributed by atoms with Gasteiger partial charge in [-0.2, -0.15) is 0 Å². The summed E-state index contributed by atoms with van der Waals surface area (Å²) in [6.07, 6.45) is 1.55. The molecule has 5 heteroatoms.